The summed E-state index contributed by atoms with van der Waals surface area (Å²) in [7, 11) is -2.92. The zero-order valence-corrected chi connectivity index (χ0v) is 9.60. The first-order valence-electron chi connectivity index (χ1n) is 5.13. The van der Waals surface area contributed by atoms with Crippen molar-refractivity contribution in [3.8, 4) is 0 Å². The van der Waals surface area contributed by atoms with Crippen LogP contribution in [0, 0.1) is 0 Å². The first-order chi connectivity index (χ1) is 7.12. The van der Waals surface area contributed by atoms with Gasteiger partial charge in [0.2, 0.25) is 0 Å². The van der Waals surface area contributed by atoms with Crippen LogP contribution in [0.1, 0.15) is 23.6 Å². The third kappa shape index (κ3) is 2.21. The lowest BCUT2D eigenvalue weighted by molar-refractivity contribution is 0.596. The quantitative estimate of drug-likeness (QED) is 0.841. The summed E-state index contributed by atoms with van der Waals surface area (Å²) in [6.45, 7) is 3.34. The minimum Gasteiger partial charge on any atom is -0.309 e. The zero-order chi connectivity index (χ0) is 10.9. The fourth-order valence-corrected chi connectivity index (χ4v) is 2.83. The highest BCUT2D eigenvalue weighted by molar-refractivity contribution is 7.90. The Bertz CT molecular complexity index is 465. The predicted octanol–water partition coefficient (Wildman–Crippen LogP) is 1.22. The summed E-state index contributed by atoms with van der Waals surface area (Å²) >= 11 is 0. The fraction of sp³-hybridized carbons (Fsp3) is 0.455. The van der Waals surface area contributed by atoms with E-state index in [2.05, 4.69) is 11.4 Å². The molecule has 0 unspecified atom stereocenters. The maximum absolute atomic E-state index is 11.5. The summed E-state index contributed by atoms with van der Waals surface area (Å²) in [5.74, 6) is 0.387. The Kier molecular flexibility index (Phi) is 2.80. The van der Waals surface area contributed by atoms with Gasteiger partial charge in [0, 0.05) is 18.8 Å². The summed E-state index contributed by atoms with van der Waals surface area (Å²) in [6.07, 6.45) is 0. The van der Waals surface area contributed by atoms with E-state index in [0.717, 1.165) is 18.7 Å². The molecule has 0 saturated carbocycles. The molecule has 0 amide bonds. The molecule has 3 nitrogen and oxygen atoms in total. The summed E-state index contributed by atoms with van der Waals surface area (Å²) in [5.41, 5.74) is 3.37. The van der Waals surface area contributed by atoms with Crippen molar-refractivity contribution >= 4 is 9.84 Å². The molecule has 0 spiro atoms. The van der Waals surface area contributed by atoms with Crippen molar-refractivity contribution in [3.05, 3.63) is 34.9 Å². The van der Waals surface area contributed by atoms with Gasteiger partial charge in [0.25, 0.3) is 0 Å². The van der Waals surface area contributed by atoms with E-state index in [-0.39, 0.29) is 11.5 Å². The van der Waals surface area contributed by atoms with E-state index < -0.39 is 9.84 Å². The van der Waals surface area contributed by atoms with Crippen molar-refractivity contribution in [3.63, 3.8) is 0 Å². The van der Waals surface area contributed by atoms with Crippen LogP contribution in [0.15, 0.2) is 18.2 Å². The van der Waals surface area contributed by atoms with E-state index in [0.29, 0.717) is 0 Å². The maximum atomic E-state index is 11.5. The van der Waals surface area contributed by atoms with E-state index in [9.17, 15) is 8.42 Å². The smallest absolute Gasteiger partial charge is 0.154 e. The minimum absolute atomic E-state index is 0.175. The van der Waals surface area contributed by atoms with Gasteiger partial charge < -0.3 is 5.32 Å². The lowest BCUT2D eigenvalue weighted by atomic mass is 10.1. The predicted molar refractivity (Wildman–Crippen MR) is 60.2 cm³/mol. The minimum atomic E-state index is -2.92. The largest absolute Gasteiger partial charge is 0.309 e. The van der Waals surface area contributed by atoms with Crippen molar-refractivity contribution < 1.29 is 8.42 Å². The highest BCUT2D eigenvalue weighted by Crippen LogP contribution is 2.21. The molecule has 0 atom stereocenters. The normalized spacial score (nSPS) is 15.3. The Morgan fingerprint density at radius 3 is 2.87 bits per heavy atom. The third-order valence-electron chi connectivity index (χ3n) is 2.80. The van der Waals surface area contributed by atoms with Crippen molar-refractivity contribution in [1.29, 1.82) is 0 Å². The Labute approximate surface area is 90.4 Å². The maximum Gasteiger partial charge on any atom is 0.154 e. The molecule has 82 valence electrons. The Balaban J connectivity index is 2.34. The summed E-state index contributed by atoms with van der Waals surface area (Å²) in [6, 6.07) is 5.91. The summed E-state index contributed by atoms with van der Waals surface area (Å²) in [5, 5.41) is 3.24. The Hall–Kier alpha value is -0.870. The molecule has 0 fully saturated rings. The van der Waals surface area contributed by atoms with Gasteiger partial charge in [0.05, 0.1) is 5.75 Å². The molecule has 0 radical (unpaired) electrons. The molecule has 0 bridgehead atoms. The van der Waals surface area contributed by atoms with E-state index in [1.54, 1.807) is 6.92 Å². The van der Waals surface area contributed by atoms with E-state index in [1.165, 1.54) is 11.1 Å². The van der Waals surface area contributed by atoms with Gasteiger partial charge in [-0.3, -0.25) is 0 Å². The first-order valence-corrected chi connectivity index (χ1v) is 6.95. The standard InChI is InChI=1S/C11H15NO2S/c1-2-15(13,14)8-10-5-3-4-9-6-12-7-11(9)10/h3-5,12H,2,6-8H2,1H3. The lowest BCUT2D eigenvalue weighted by Gasteiger charge is -2.07. The molecule has 0 saturated heterocycles. The van der Waals surface area contributed by atoms with Crippen LogP contribution in [-0.2, 0) is 28.7 Å². The van der Waals surface area contributed by atoms with Crippen molar-refractivity contribution in [2.75, 3.05) is 5.75 Å². The summed E-state index contributed by atoms with van der Waals surface area (Å²) in [4.78, 5) is 0. The molecule has 0 aliphatic carbocycles. The average molecular weight is 225 g/mol. The molecule has 0 aromatic heterocycles. The van der Waals surface area contributed by atoms with Crippen LogP contribution in [0.3, 0.4) is 0 Å². The van der Waals surface area contributed by atoms with Gasteiger partial charge in [0.15, 0.2) is 9.84 Å². The van der Waals surface area contributed by atoms with Gasteiger partial charge in [-0.15, -0.1) is 0 Å². The molecule has 1 aliphatic rings. The second-order valence-corrected chi connectivity index (χ2v) is 6.19. The average Bonchev–Trinajstić information content (AvgIpc) is 2.66. The van der Waals surface area contributed by atoms with E-state index >= 15 is 0 Å². The van der Waals surface area contributed by atoms with Gasteiger partial charge >= 0.3 is 0 Å². The van der Waals surface area contributed by atoms with Crippen LogP contribution < -0.4 is 5.32 Å². The Morgan fingerprint density at radius 1 is 1.33 bits per heavy atom. The van der Waals surface area contributed by atoms with Crippen molar-refractivity contribution in [1.82, 2.24) is 5.32 Å². The van der Waals surface area contributed by atoms with Crippen LogP contribution >= 0.6 is 0 Å². The number of sulfone groups is 1. The van der Waals surface area contributed by atoms with Crippen molar-refractivity contribution in [2.24, 2.45) is 0 Å². The fourth-order valence-electron chi connectivity index (χ4n) is 1.88. The van der Waals surface area contributed by atoms with Crippen LogP contribution in [0.5, 0.6) is 0 Å². The van der Waals surface area contributed by atoms with Gasteiger partial charge in [-0.2, -0.15) is 0 Å². The molecule has 15 heavy (non-hydrogen) atoms. The molecule has 1 heterocycles. The Morgan fingerprint density at radius 2 is 2.13 bits per heavy atom. The summed E-state index contributed by atoms with van der Waals surface area (Å²) < 4.78 is 23.1. The van der Waals surface area contributed by atoms with Gasteiger partial charge in [-0.05, 0) is 16.7 Å². The van der Waals surface area contributed by atoms with Gasteiger partial charge in [-0.1, -0.05) is 25.1 Å². The second kappa shape index (κ2) is 3.94. The topological polar surface area (TPSA) is 46.2 Å². The van der Waals surface area contributed by atoms with Crippen LogP contribution in [0.2, 0.25) is 0 Å². The molecular formula is C11H15NO2S. The monoisotopic (exact) mass is 225 g/mol. The SMILES string of the molecule is CCS(=O)(=O)Cc1cccc2c1CNC2. The van der Waals surface area contributed by atoms with E-state index in [1.807, 2.05) is 12.1 Å². The molecular weight excluding hydrogens is 210 g/mol. The molecule has 4 heteroatoms. The number of nitrogens with one attached hydrogen (secondary N) is 1. The molecule has 1 aromatic carbocycles. The van der Waals surface area contributed by atoms with Crippen LogP contribution in [-0.4, -0.2) is 14.2 Å². The van der Waals surface area contributed by atoms with Crippen LogP contribution in [0.4, 0.5) is 0 Å². The number of fused-ring (bicyclic) bond motifs is 1. The lowest BCUT2D eigenvalue weighted by Crippen LogP contribution is -2.09. The number of rotatable bonds is 3. The number of hydrogen-bond donors (Lipinski definition) is 1. The zero-order valence-electron chi connectivity index (χ0n) is 8.79. The molecule has 1 aliphatic heterocycles. The number of benzene rings is 1. The van der Waals surface area contributed by atoms with Crippen molar-refractivity contribution in [2.45, 2.75) is 25.8 Å². The third-order valence-corrected chi connectivity index (χ3v) is 4.43. The van der Waals surface area contributed by atoms with E-state index in [4.69, 9.17) is 0 Å². The second-order valence-electron chi connectivity index (χ2n) is 3.83. The van der Waals surface area contributed by atoms with Crippen LogP contribution in [0.25, 0.3) is 0 Å². The molecule has 1 aromatic rings. The molecule has 1 N–H and O–H groups in total. The van der Waals surface area contributed by atoms with Gasteiger partial charge in [0.1, 0.15) is 0 Å². The highest BCUT2D eigenvalue weighted by atomic mass is 32.2. The van der Waals surface area contributed by atoms with Gasteiger partial charge in [-0.25, -0.2) is 8.42 Å². The number of hydrogen-bond acceptors (Lipinski definition) is 3. The molecule has 2 rings (SSSR count). The highest BCUT2D eigenvalue weighted by Gasteiger charge is 2.17. The first kappa shape index (κ1) is 10.6.